The molecule has 8 heteroatoms. The van der Waals surface area contributed by atoms with Gasteiger partial charge in [0.2, 0.25) is 15.9 Å². The number of aryl methyl sites for hydroxylation is 1. The average molecular weight is 406 g/mol. The van der Waals surface area contributed by atoms with Gasteiger partial charge in [0.1, 0.15) is 0 Å². The molecule has 1 spiro atoms. The minimum absolute atomic E-state index is 0.237. The van der Waals surface area contributed by atoms with Gasteiger partial charge in [-0.15, -0.1) is 0 Å². The fraction of sp³-hybridized carbons (Fsp3) is 0.600. The Morgan fingerprint density at radius 1 is 1.21 bits per heavy atom. The molecule has 0 radical (unpaired) electrons. The van der Waals surface area contributed by atoms with E-state index < -0.39 is 10.0 Å². The van der Waals surface area contributed by atoms with Crippen molar-refractivity contribution in [3.63, 3.8) is 0 Å². The zero-order valence-electron chi connectivity index (χ0n) is 16.2. The van der Waals surface area contributed by atoms with Crippen LogP contribution < -0.4 is 0 Å². The van der Waals surface area contributed by atoms with Gasteiger partial charge in [0.15, 0.2) is 5.82 Å². The van der Waals surface area contributed by atoms with Gasteiger partial charge in [-0.25, -0.2) is 8.42 Å². The molecule has 1 unspecified atom stereocenters. The van der Waals surface area contributed by atoms with Gasteiger partial charge in [0, 0.05) is 32.5 Å². The minimum atomic E-state index is -3.44. The lowest BCUT2D eigenvalue weighted by Gasteiger charge is -2.45. The topological polar surface area (TPSA) is 85.5 Å². The van der Waals surface area contributed by atoms with E-state index in [0.29, 0.717) is 36.4 Å². The van der Waals surface area contributed by atoms with Crippen LogP contribution >= 0.6 is 0 Å². The number of ether oxygens (including phenoxy) is 1. The van der Waals surface area contributed by atoms with Crippen LogP contribution in [0.2, 0.25) is 0 Å². The lowest BCUT2D eigenvalue weighted by Crippen LogP contribution is -2.50. The molecule has 0 aliphatic carbocycles. The van der Waals surface area contributed by atoms with Gasteiger partial charge in [-0.3, -0.25) is 0 Å². The maximum Gasteiger partial charge on any atom is 0.243 e. The second-order valence-corrected chi connectivity index (χ2v) is 9.71. The van der Waals surface area contributed by atoms with Crippen LogP contribution in [0.5, 0.6) is 0 Å². The van der Waals surface area contributed by atoms with E-state index in [0.717, 1.165) is 44.3 Å². The van der Waals surface area contributed by atoms with E-state index in [4.69, 9.17) is 9.26 Å². The van der Waals surface area contributed by atoms with E-state index >= 15 is 0 Å². The van der Waals surface area contributed by atoms with Crippen LogP contribution in [0.4, 0.5) is 0 Å². The molecule has 2 saturated heterocycles. The van der Waals surface area contributed by atoms with Gasteiger partial charge < -0.3 is 9.26 Å². The molecule has 1 aromatic carbocycles. The molecule has 1 atom stereocenters. The van der Waals surface area contributed by atoms with Crippen molar-refractivity contribution < 1.29 is 17.7 Å². The van der Waals surface area contributed by atoms with E-state index in [-0.39, 0.29) is 5.60 Å². The first-order valence-electron chi connectivity index (χ1n) is 10.0. The molecule has 0 bridgehead atoms. The van der Waals surface area contributed by atoms with Gasteiger partial charge in [-0.1, -0.05) is 30.3 Å². The number of hydrogen-bond donors (Lipinski definition) is 0. The Balaban J connectivity index is 1.39. The highest BCUT2D eigenvalue weighted by Gasteiger charge is 2.43. The van der Waals surface area contributed by atoms with Gasteiger partial charge >= 0.3 is 0 Å². The number of sulfonamides is 1. The van der Waals surface area contributed by atoms with Crippen LogP contribution in [0, 0.1) is 5.92 Å². The van der Waals surface area contributed by atoms with Crippen molar-refractivity contribution >= 4 is 10.0 Å². The zero-order chi connectivity index (χ0) is 19.6. The second kappa shape index (κ2) is 7.93. The van der Waals surface area contributed by atoms with Crippen molar-refractivity contribution in [2.75, 3.05) is 19.7 Å². The van der Waals surface area contributed by atoms with Crippen LogP contribution in [0.15, 0.2) is 39.8 Å². The Bertz CT molecular complexity index is 889. The number of piperidine rings is 1. The molecule has 0 saturated carbocycles. The molecule has 2 fully saturated rings. The first-order chi connectivity index (χ1) is 13.5. The number of rotatable bonds is 5. The third kappa shape index (κ3) is 3.99. The number of benzene rings is 1. The molecule has 2 aliphatic heterocycles. The Morgan fingerprint density at radius 2 is 1.96 bits per heavy atom. The summed E-state index contributed by atoms with van der Waals surface area (Å²) in [5, 5.41) is 3.98. The summed E-state index contributed by atoms with van der Waals surface area (Å²) in [6.07, 6.45) is 4.87. The molecule has 0 amide bonds. The summed E-state index contributed by atoms with van der Waals surface area (Å²) in [5.41, 5.74) is -0.237. The summed E-state index contributed by atoms with van der Waals surface area (Å²) < 4.78 is 38.8. The second-order valence-electron chi connectivity index (χ2n) is 7.77. The van der Waals surface area contributed by atoms with E-state index in [1.54, 1.807) is 28.6 Å². The Morgan fingerprint density at radius 3 is 2.64 bits per heavy atom. The molecule has 1 aromatic heterocycles. The van der Waals surface area contributed by atoms with Crippen molar-refractivity contribution in [2.24, 2.45) is 5.92 Å². The molecule has 3 heterocycles. The number of hydrogen-bond acceptors (Lipinski definition) is 6. The molecule has 2 aliphatic rings. The highest BCUT2D eigenvalue weighted by atomic mass is 32.2. The van der Waals surface area contributed by atoms with Crippen molar-refractivity contribution in [3.05, 3.63) is 42.0 Å². The fourth-order valence-corrected chi connectivity index (χ4v) is 5.75. The van der Waals surface area contributed by atoms with Crippen LogP contribution in [0.1, 0.15) is 44.3 Å². The largest absolute Gasteiger partial charge is 0.375 e. The summed E-state index contributed by atoms with van der Waals surface area (Å²) in [6.45, 7) is 3.69. The van der Waals surface area contributed by atoms with Crippen molar-refractivity contribution in [3.8, 4) is 0 Å². The highest BCUT2D eigenvalue weighted by Crippen LogP contribution is 2.39. The van der Waals surface area contributed by atoms with Gasteiger partial charge in [0.25, 0.3) is 0 Å². The predicted molar refractivity (Wildman–Crippen MR) is 103 cm³/mol. The third-order valence-electron chi connectivity index (χ3n) is 5.90. The van der Waals surface area contributed by atoms with E-state index in [2.05, 4.69) is 10.1 Å². The Hall–Kier alpha value is -1.77. The third-order valence-corrected chi connectivity index (χ3v) is 7.81. The maximum absolute atomic E-state index is 12.9. The first-order valence-corrected chi connectivity index (χ1v) is 11.5. The SMILES string of the molecule is CCc1noc(CC2CCOC3(CCN(S(=O)(=O)c4ccccc4)CC3)C2)n1. The van der Waals surface area contributed by atoms with E-state index in [1.165, 1.54) is 0 Å². The highest BCUT2D eigenvalue weighted by molar-refractivity contribution is 7.89. The van der Waals surface area contributed by atoms with Crippen molar-refractivity contribution in [2.45, 2.75) is 55.9 Å². The molecule has 2 aromatic rings. The van der Waals surface area contributed by atoms with Gasteiger partial charge in [-0.2, -0.15) is 9.29 Å². The van der Waals surface area contributed by atoms with Gasteiger partial charge in [0.05, 0.1) is 10.5 Å². The summed E-state index contributed by atoms with van der Waals surface area (Å²) in [7, 11) is -3.44. The summed E-state index contributed by atoms with van der Waals surface area (Å²) in [4.78, 5) is 4.79. The molecule has 4 rings (SSSR count). The molecule has 7 nitrogen and oxygen atoms in total. The molecule has 152 valence electrons. The normalized spacial score (nSPS) is 23.1. The lowest BCUT2D eigenvalue weighted by atomic mass is 9.79. The summed E-state index contributed by atoms with van der Waals surface area (Å²) in [6, 6.07) is 8.65. The maximum atomic E-state index is 12.9. The molecule has 28 heavy (non-hydrogen) atoms. The molecule has 0 N–H and O–H groups in total. The quantitative estimate of drug-likeness (QED) is 0.760. The lowest BCUT2D eigenvalue weighted by molar-refractivity contribution is -0.121. The fourth-order valence-electron chi connectivity index (χ4n) is 4.29. The summed E-state index contributed by atoms with van der Waals surface area (Å²) in [5.74, 6) is 1.87. The first kappa shape index (κ1) is 19.5. The molecular formula is C20H27N3O4S. The van der Waals surface area contributed by atoms with Crippen LogP contribution in [-0.4, -0.2) is 48.2 Å². The minimum Gasteiger partial charge on any atom is -0.375 e. The smallest absolute Gasteiger partial charge is 0.243 e. The van der Waals surface area contributed by atoms with Crippen molar-refractivity contribution in [1.29, 1.82) is 0 Å². The standard InChI is InChI=1S/C20H27N3O4S/c1-2-18-21-19(27-22-18)14-16-8-13-26-20(15-16)9-11-23(12-10-20)28(24,25)17-6-4-3-5-7-17/h3-7,16H,2,8-15H2,1H3. The summed E-state index contributed by atoms with van der Waals surface area (Å²) >= 11 is 0. The van der Waals surface area contributed by atoms with Crippen LogP contribution in [-0.2, 0) is 27.6 Å². The Kier molecular flexibility index (Phi) is 5.53. The number of aromatic nitrogens is 2. The van der Waals surface area contributed by atoms with E-state index in [1.807, 2.05) is 13.0 Å². The predicted octanol–water partition coefficient (Wildman–Crippen LogP) is 2.82. The molecular weight excluding hydrogens is 378 g/mol. The van der Waals surface area contributed by atoms with Crippen molar-refractivity contribution in [1.82, 2.24) is 14.4 Å². The van der Waals surface area contributed by atoms with Crippen LogP contribution in [0.25, 0.3) is 0 Å². The monoisotopic (exact) mass is 405 g/mol. The van der Waals surface area contributed by atoms with Crippen LogP contribution in [0.3, 0.4) is 0 Å². The van der Waals surface area contributed by atoms with Gasteiger partial charge in [-0.05, 0) is 43.7 Å². The Labute approximate surface area is 166 Å². The van der Waals surface area contributed by atoms with E-state index in [9.17, 15) is 8.42 Å². The number of nitrogens with zero attached hydrogens (tertiary/aromatic N) is 3. The average Bonchev–Trinajstić information content (AvgIpc) is 3.17. The zero-order valence-corrected chi connectivity index (χ0v) is 17.0.